The maximum atomic E-state index is 13.1. The van der Waals surface area contributed by atoms with Crippen LogP contribution in [-0.4, -0.2) is 50.2 Å². The Morgan fingerprint density at radius 1 is 1.11 bits per heavy atom. The third-order valence-corrected chi connectivity index (χ3v) is 8.14. The first-order chi connectivity index (χ1) is 12.9. The van der Waals surface area contributed by atoms with E-state index < -0.39 is 21.5 Å². The number of benzene rings is 1. The SMILES string of the molecule is CNC(=O)[C@@H]1C[C@@]2(C[C@@H]2C(=O)NC2CCC2)CN1S(=O)(=O)c1ccccc1. The summed E-state index contributed by atoms with van der Waals surface area (Å²) in [7, 11) is -2.29. The molecule has 1 heterocycles. The molecule has 27 heavy (non-hydrogen) atoms. The molecular weight excluding hydrogens is 366 g/mol. The van der Waals surface area contributed by atoms with Crippen LogP contribution < -0.4 is 10.6 Å². The van der Waals surface area contributed by atoms with E-state index in [2.05, 4.69) is 10.6 Å². The van der Waals surface area contributed by atoms with E-state index in [0.717, 1.165) is 19.3 Å². The van der Waals surface area contributed by atoms with Gasteiger partial charge in [0.1, 0.15) is 6.04 Å². The van der Waals surface area contributed by atoms with E-state index in [1.54, 1.807) is 18.2 Å². The zero-order valence-electron chi connectivity index (χ0n) is 15.3. The van der Waals surface area contributed by atoms with Gasteiger partial charge in [-0.25, -0.2) is 8.42 Å². The maximum absolute atomic E-state index is 13.1. The first kappa shape index (κ1) is 18.4. The van der Waals surface area contributed by atoms with Crippen molar-refractivity contribution in [1.29, 1.82) is 0 Å². The quantitative estimate of drug-likeness (QED) is 0.779. The number of sulfonamides is 1. The van der Waals surface area contributed by atoms with E-state index in [-0.39, 0.29) is 35.2 Å². The van der Waals surface area contributed by atoms with Crippen LogP contribution in [0.1, 0.15) is 32.1 Å². The number of carbonyl (C=O) groups is 2. The highest BCUT2D eigenvalue weighted by Gasteiger charge is 2.66. The van der Waals surface area contributed by atoms with Gasteiger partial charge in [0.25, 0.3) is 0 Å². The Balaban J connectivity index is 1.56. The lowest BCUT2D eigenvalue weighted by molar-refractivity contribution is -0.125. The predicted octanol–water partition coefficient (Wildman–Crippen LogP) is 0.871. The molecule has 4 rings (SSSR count). The molecular formula is C19H25N3O4S. The van der Waals surface area contributed by atoms with E-state index >= 15 is 0 Å². The summed E-state index contributed by atoms with van der Waals surface area (Å²) in [5.74, 6) is -0.521. The van der Waals surface area contributed by atoms with E-state index in [0.29, 0.717) is 12.8 Å². The highest BCUT2D eigenvalue weighted by Crippen LogP contribution is 2.61. The van der Waals surface area contributed by atoms with E-state index in [9.17, 15) is 18.0 Å². The van der Waals surface area contributed by atoms with Crippen molar-refractivity contribution in [3.05, 3.63) is 30.3 Å². The van der Waals surface area contributed by atoms with Crippen LogP contribution in [-0.2, 0) is 19.6 Å². The molecule has 1 aliphatic heterocycles. The number of likely N-dealkylation sites (N-methyl/N-ethyl adjacent to an activating group) is 1. The fourth-order valence-electron chi connectivity index (χ4n) is 4.32. The number of amides is 2. The normalized spacial score (nSPS) is 30.7. The molecule has 1 aromatic rings. The summed E-state index contributed by atoms with van der Waals surface area (Å²) in [4.78, 5) is 25.1. The highest BCUT2D eigenvalue weighted by molar-refractivity contribution is 7.89. The van der Waals surface area contributed by atoms with Crippen molar-refractivity contribution in [1.82, 2.24) is 14.9 Å². The molecule has 2 saturated carbocycles. The fourth-order valence-corrected chi connectivity index (χ4v) is 6.02. The van der Waals surface area contributed by atoms with Crippen LogP contribution in [0.3, 0.4) is 0 Å². The number of carbonyl (C=O) groups excluding carboxylic acids is 2. The van der Waals surface area contributed by atoms with Gasteiger partial charge in [-0.05, 0) is 49.7 Å². The summed E-state index contributed by atoms with van der Waals surface area (Å²) >= 11 is 0. The molecule has 0 unspecified atom stereocenters. The summed E-state index contributed by atoms with van der Waals surface area (Å²) < 4.78 is 27.6. The molecule has 3 atom stereocenters. The van der Waals surface area contributed by atoms with E-state index in [4.69, 9.17) is 0 Å². The topological polar surface area (TPSA) is 95.6 Å². The largest absolute Gasteiger partial charge is 0.358 e. The van der Waals surface area contributed by atoms with Crippen molar-refractivity contribution < 1.29 is 18.0 Å². The van der Waals surface area contributed by atoms with Gasteiger partial charge in [0.05, 0.1) is 4.90 Å². The van der Waals surface area contributed by atoms with Gasteiger partial charge in [0.2, 0.25) is 21.8 Å². The van der Waals surface area contributed by atoms with Gasteiger partial charge in [0.15, 0.2) is 0 Å². The van der Waals surface area contributed by atoms with Gasteiger partial charge in [-0.1, -0.05) is 18.2 Å². The van der Waals surface area contributed by atoms with Crippen LogP contribution in [0.25, 0.3) is 0 Å². The monoisotopic (exact) mass is 391 g/mol. The van der Waals surface area contributed by atoms with Crippen LogP contribution in [0.5, 0.6) is 0 Å². The lowest BCUT2D eigenvalue weighted by atomic mass is 9.92. The predicted molar refractivity (Wildman–Crippen MR) is 99.1 cm³/mol. The zero-order valence-corrected chi connectivity index (χ0v) is 16.2. The smallest absolute Gasteiger partial charge is 0.243 e. The molecule has 2 amide bonds. The second-order valence-electron chi connectivity index (χ2n) is 7.95. The molecule has 1 saturated heterocycles. The van der Waals surface area contributed by atoms with Crippen LogP contribution in [0.4, 0.5) is 0 Å². The molecule has 3 aliphatic rings. The molecule has 7 nitrogen and oxygen atoms in total. The Labute approximate surface area is 159 Å². The first-order valence-corrected chi connectivity index (χ1v) is 10.9. The highest BCUT2D eigenvalue weighted by atomic mass is 32.2. The van der Waals surface area contributed by atoms with Gasteiger partial charge >= 0.3 is 0 Å². The Hall–Kier alpha value is -1.93. The minimum absolute atomic E-state index is 0.00863. The molecule has 3 fully saturated rings. The number of nitrogens with one attached hydrogen (secondary N) is 2. The average molecular weight is 391 g/mol. The van der Waals surface area contributed by atoms with Gasteiger partial charge in [-0.3, -0.25) is 9.59 Å². The van der Waals surface area contributed by atoms with Crippen molar-refractivity contribution >= 4 is 21.8 Å². The molecule has 0 radical (unpaired) electrons. The molecule has 0 aromatic heterocycles. The van der Waals surface area contributed by atoms with Crippen LogP contribution >= 0.6 is 0 Å². The molecule has 1 aromatic carbocycles. The van der Waals surface area contributed by atoms with Crippen molar-refractivity contribution in [3.8, 4) is 0 Å². The summed E-state index contributed by atoms with van der Waals surface area (Å²) in [5, 5.41) is 5.64. The minimum Gasteiger partial charge on any atom is -0.358 e. The first-order valence-electron chi connectivity index (χ1n) is 9.46. The lowest BCUT2D eigenvalue weighted by Gasteiger charge is -2.26. The number of rotatable bonds is 5. The molecule has 8 heteroatoms. The van der Waals surface area contributed by atoms with Crippen LogP contribution in [0, 0.1) is 11.3 Å². The van der Waals surface area contributed by atoms with Crippen molar-refractivity contribution in [2.75, 3.05) is 13.6 Å². The van der Waals surface area contributed by atoms with E-state index in [1.807, 2.05) is 0 Å². The Bertz CT molecular complexity index is 853. The molecule has 2 aliphatic carbocycles. The van der Waals surface area contributed by atoms with Gasteiger partial charge in [-0.2, -0.15) is 4.31 Å². The number of hydrogen-bond donors (Lipinski definition) is 2. The van der Waals surface area contributed by atoms with Crippen molar-refractivity contribution in [3.63, 3.8) is 0 Å². The number of hydrogen-bond acceptors (Lipinski definition) is 4. The fraction of sp³-hybridized carbons (Fsp3) is 0.579. The van der Waals surface area contributed by atoms with Crippen LogP contribution in [0.15, 0.2) is 35.2 Å². The zero-order chi connectivity index (χ0) is 19.2. The second kappa shape index (κ2) is 6.60. The Kier molecular flexibility index (Phi) is 4.50. The summed E-state index contributed by atoms with van der Waals surface area (Å²) in [6.07, 6.45) is 4.20. The van der Waals surface area contributed by atoms with Gasteiger partial charge < -0.3 is 10.6 Å². The Morgan fingerprint density at radius 3 is 2.41 bits per heavy atom. The van der Waals surface area contributed by atoms with Crippen LogP contribution in [0.2, 0.25) is 0 Å². The minimum atomic E-state index is -3.80. The average Bonchev–Trinajstić information content (AvgIpc) is 3.19. The van der Waals surface area contributed by atoms with Crippen molar-refractivity contribution in [2.45, 2.75) is 49.1 Å². The second-order valence-corrected chi connectivity index (χ2v) is 9.84. The van der Waals surface area contributed by atoms with Gasteiger partial charge in [-0.15, -0.1) is 0 Å². The van der Waals surface area contributed by atoms with Crippen molar-refractivity contribution in [2.24, 2.45) is 11.3 Å². The summed E-state index contributed by atoms with van der Waals surface area (Å²) in [5.41, 5.74) is -0.424. The molecule has 146 valence electrons. The number of nitrogens with zero attached hydrogens (tertiary/aromatic N) is 1. The molecule has 0 bridgehead atoms. The molecule has 1 spiro atoms. The third-order valence-electron chi connectivity index (χ3n) is 6.27. The van der Waals surface area contributed by atoms with E-state index in [1.165, 1.54) is 23.5 Å². The lowest BCUT2D eigenvalue weighted by Crippen LogP contribution is -2.44. The standard InChI is InChI=1S/C19H25N3O4S/c1-20-18(24)16-11-19(10-15(19)17(23)21-13-6-5-7-13)12-22(16)27(25,26)14-8-3-2-4-9-14/h2-4,8-9,13,15-16H,5-7,10-12H2,1H3,(H,20,24)(H,21,23)/t15-,16+,19+/m1/s1. The Morgan fingerprint density at radius 2 is 1.81 bits per heavy atom. The van der Waals surface area contributed by atoms with Gasteiger partial charge in [0, 0.05) is 25.6 Å². The summed E-state index contributed by atoms with van der Waals surface area (Å²) in [6.45, 7) is 0.213. The summed E-state index contributed by atoms with van der Waals surface area (Å²) in [6, 6.07) is 7.64. The molecule has 2 N–H and O–H groups in total. The maximum Gasteiger partial charge on any atom is 0.243 e. The third kappa shape index (κ3) is 3.14.